The number of nitrogens with one attached hydrogen (secondary N) is 2. The average Bonchev–Trinajstić information content (AvgIpc) is 2.84. The first-order valence-electron chi connectivity index (χ1n) is 7.00. The van der Waals surface area contributed by atoms with Crippen molar-refractivity contribution in [3.05, 3.63) is 41.1 Å². The molecule has 0 fully saturated rings. The number of H-pyrrole nitrogens is 1. The Kier molecular flexibility index (Phi) is 4.62. The SMILES string of the molecule is Cc1cc(C)cc(OCC(=O)Nc2cc(C(C)C)[nH]n2)c1. The third-order valence-corrected chi connectivity index (χ3v) is 3.05. The highest BCUT2D eigenvalue weighted by Gasteiger charge is 2.09. The van der Waals surface area contributed by atoms with Crippen LogP contribution in [-0.4, -0.2) is 22.7 Å². The van der Waals surface area contributed by atoms with Crippen LogP contribution < -0.4 is 10.1 Å². The number of hydrogen-bond donors (Lipinski definition) is 2. The predicted octanol–water partition coefficient (Wildman–Crippen LogP) is 3.17. The molecule has 1 aromatic carbocycles. The van der Waals surface area contributed by atoms with Gasteiger partial charge in [-0.3, -0.25) is 9.89 Å². The Hall–Kier alpha value is -2.30. The van der Waals surface area contributed by atoms with E-state index in [1.54, 1.807) is 0 Å². The maximum Gasteiger partial charge on any atom is 0.263 e. The molecule has 0 saturated carbocycles. The monoisotopic (exact) mass is 287 g/mol. The number of ether oxygens (including phenoxy) is 1. The molecule has 0 aliphatic carbocycles. The fraction of sp³-hybridized carbons (Fsp3) is 0.375. The molecule has 1 amide bonds. The number of rotatable bonds is 5. The van der Waals surface area contributed by atoms with Gasteiger partial charge >= 0.3 is 0 Å². The maximum absolute atomic E-state index is 11.8. The van der Waals surface area contributed by atoms with Gasteiger partial charge in [-0.05, 0) is 43.0 Å². The summed E-state index contributed by atoms with van der Waals surface area (Å²) in [6.07, 6.45) is 0. The molecule has 0 unspecified atom stereocenters. The Morgan fingerprint density at radius 1 is 1.24 bits per heavy atom. The van der Waals surface area contributed by atoms with Gasteiger partial charge in [-0.1, -0.05) is 19.9 Å². The van der Waals surface area contributed by atoms with Crippen molar-refractivity contribution < 1.29 is 9.53 Å². The lowest BCUT2D eigenvalue weighted by atomic mass is 10.1. The Morgan fingerprint density at radius 2 is 1.90 bits per heavy atom. The van der Waals surface area contributed by atoms with Crippen molar-refractivity contribution in [3.63, 3.8) is 0 Å². The zero-order valence-corrected chi connectivity index (χ0v) is 12.9. The summed E-state index contributed by atoms with van der Waals surface area (Å²) in [5, 5.41) is 9.65. The third kappa shape index (κ3) is 4.34. The van der Waals surface area contributed by atoms with Gasteiger partial charge in [0.15, 0.2) is 12.4 Å². The number of anilines is 1. The molecule has 2 N–H and O–H groups in total. The summed E-state index contributed by atoms with van der Waals surface area (Å²) in [5.74, 6) is 1.34. The Balaban J connectivity index is 1.89. The molecule has 0 saturated heterocycles. The maximum atomic E-state index is 11.8. The van der Waals surface area contributed by atoms with Crippen molar-refractivity contribution in [1.82, 2.24) is 10.2 Å². The fourth-order valence-electron chi connectivity index (χ4n) is 2.04. The zero-order chi connectivity index (χ0) is 15.4. The smallest absolute Gasteiger partial charge is 0.263 e. The van der Waals surface area contributed by atoms with E-state index in [4.69, 9.17) is 4.74 Å². The molecule has 2 rings (SSSR count). The van der Waals surface area contributed by atoms with Crippen LogP contribution in [0.2, 0.25) is 0 Å². The minimum Gasteiger partial charge on any atom is -0.484 e. The van der Waals surface area contributed by atoms with Crippen molar-refractivity contribution >= 4 is 11.7 Å². The Bertz CT molecular complexity index is 612. The van der Waals surface area contributed by atoms with Gasteiger partial charge < -0.3 is 10.1 Å². The number of carbonyl (C=O) groups excluding carboxylic acids is 1. The lowest BCUT2D eigenvalue weighted by molar-refractivity contribution is -0.118. The number of hydrogen-bond acceptors (Lipinski definition) is 3. The number of benzene rings is 1. The highest BCUT2D eigenvalue weighted by molar-refractivity contribution is 5.90. The fourth-order valence-corrected chi connectivity index (χ4v) is 2.04. The molecular weight excluding hydrogens is 266 g/mol. The molecule has 5 heteroatoms. The predicted molar refractivity (Wildman–Crippen MR) is 82.7 cm³/mol. The van der Waals surface area contributed by atoms with Crippen molar-refractivity contribution in [2.75, 3.05) is 11.9 Å². The van der Waals surface area contributed by atoms with Crippen LogP contribution >= 0.6 is 0 Å². The summed E-state index contributed by atoms with van der Waals surface area (Å²) in [4.78, 5) is 11.8. The van der Waals surface area contributed by atoms with Crippen LogP contribution in [0.4, 0.5) is 5.82 Å². The standard InChI is InChI=1S/C16H21N3O2/c1-10(2)14-8-15(19-18-14)17-16(20)9-21-13-6-11(3)5-12(4)7-13/h5-8,10H,9H2,1-4H3,(H2,17,18,19,20). The van der Waals surface area contributed by atoms with Gasteiger partial charge in [-0.2, -0.15) is 5.10 Å². The van der Waals surface area contributed by atoms with Gasteiger partial charge in [0.25, 0.3) is 5.91 Å². The largest absolute Gasteiger partial charge is 0.484 e. The molecular formula is C16H21N3O2. The van der Waals surface area contributed by atoms with Gasteiger partial charge in [0.2, 0.25) is 0 Å². The number of amides is 1. The minimum absolute atomic E-state index is 0.0350. The van der Waals surface area contributed by atoms with Gasteiger partial charge in [-0.25, -0.2) is 0 Å². The molecule has 5 nitrogen and oxygen atoms in total. The quantitative estimate of drug-likeness (QED) is 0.887. The molecule has 0 spiro atoms. The van der Waals surface area contributed by atoms with Crippen molar-refractivity contribution in [2.45, 2.75) is 33.6 Å². The summed E-state index contributed by atoms with van der Waals surface area (Å²) in [6.45, 7) is 8.07. The molecule has 112 valence electrons. The van der Waals surface area contributed by atoms with Gasteiger partial charge in [0.1, 0.15) is 5.75 Å². The van der Waals surface area contributed by atoms with E-state index in [9.17, 15) is 4.79 Å². The van der Waals surface area contributed by atoms with Gasteiger partial charge in [-0.15, -0.1) is 0 Å². The van der Waals surface area contributed by atoms with Crippen LogP contribution in [0.1, 0.15) is 36.6 Å². The first kappa shape index (κ1) is 15.1. The number of aryl methyl sites for hydroxylation is 2. The number of carbonyl (C=O) groups is 1. The van der Waals surface area contributed by atoms with Crippen LogP contribution in [0.25, 0.3) is 0 Å². The molecule has 0 aliphatic heterocycles. The first-order valence-corrected chi connectivity index (χ1v) is 7.00. The van der Waals surface area contributed by atoms with Crippen LogP contribution in [0.3, 0.4) is 0 Å². The van der Waals surface area contributed by atoms with Crippen LogP contribution in [0.15, 0.2) is 24.3 Å². The zero-order valence-electron chi connectivity index (χ0n) is 12.9. The van der Waals surface area contributed by atoms with Crippen molar-refractivity contribution in [3.8, 4) is 5.75 Å². The Labute approximate surface area is 124 Å². The second kappa shape index (κ2) is 6.43. The van der Waals surface area contributed by atoms with Crippen LogP contribution in [0, 0.1) is 13.8 Å². The summed E-state index contributed by atoms with van der Waals surface area (Å²) < 4.78 is 5.51. The summed E-state index contributed by atoms with van der Waals surface area (Å²) in [7, 11) is 0. The van der Waals surface area contributed by atoms with Crippen molar-refractivity contribution in [1.29, 1.82) is 0 Å². The van der Waals surface area contributed by atoms with E-state index in [0.29, 0.717) is 17.5 Å². The van der Waals surface area contributed by atoms with E-state index < -0.39 is 0 Å². The summed E-state index contributed by atoms with van der Waals surface area (Å²) in [6, 6.07) is 7.71. The first-order chi connectivity index (χ1) is 9.94. The van der Waals surface area contributed by atoms with E-state index in [2.05, 4.69) is 35.4 Å². The third-order valence-electron chi connectivity index (χ3n) is 3.05. The molecule has 1 heterocycles. The van der Waals surface area contributed by atoms with E-state index in [0.717, 1.165) is 16.8 Å². The van der Waals surface area contributed by atoms with E-state index in [1.165, 1.54) is 0 Å². The topological polar surface area (TPSA) is 67.0 Å². The van der Waals surface area contributed by atoms with Crippen LogP contribution in [-0.2, 0) is 4.79 Å². The molecule has 0 aliphatic rings. The molecule has 1 aromatic heterocycles. The number of aromatic amines is 1. The summed E-state index contributed by atoms with van der Waals surface area (Å²) in [5.41, 5.74) is 3.21. The van der Waals surface area contributed by atoms with Crippen molar-refractivity contribution in [2.24, 2.45) is 0 Å². The van der Waals surface area contributed by atoms with E-state index in [-0.39, 0.29) is 12.5 Å². The number of aromatic nitrogens is 2. The highest BCUT2D eigenvalue weighted by atomic mass is 16.5. The minimum atomic E-state index is -0.226. The molecule has 0 radical (unpaired) electrons. The second-order valence-corrected chi connectivity index (χ2v) is 5.52. The highest BCUT2D eigenvalue weighted by Crippen LogP contribution is 2.17. The molecule has 0 bridgehead atoms. The molecule has 21 heavy (non-hydrogen) atoms. The second-order valence-electron chi connectivity index (χ2n) is 5.52. The van der Waals surface area contributed by atoms with Gasteiger partial charge in [0.05, 0.1) is 0 Å². The van der Waals surface area contributed by atoms with Crippen LogP contribution in [0.5, 0.6) is 5.75 Å². The number of nitrogens with zero attached hydrogens (tertiary/aromatic N) is 1. The van der Waals surface area contributed by atoms with E-state index in [1.807, 2.05) is 32.0 Å². The van der Waals surface area contributed by atoms with Gasteiger partial charge in [0, 0.05) is 11.8 Å². The average molecular weight is 287 g/mol. The lowest BCUT2D eigenvalue weighted by Crippen LogP contribution is -2.20. The summed E-state index contributed by atoms with van der Waals surface area (Å²) >= 11 is 0. The lowest BCUT2D eigenvalue weighted by Gasteiger charge is -2.07. The van der Waals surface area contributed by atoms with E-state index >= 15 is 0 Å². The Morgan fingerprint density at radius 3 is 2.48 bits per heavy atom. The normalized spacial score (nSPS) is 10.7. The molecule has 0 atom stereocenters. The molecule has 2 aromatic rings.